The summed E-state index contributed by atoms with van der Waals surface area (Å²) in [7, 11) is 1.59. The monoisotopic (exact) mass is 441 g/mol. The highest BCUT2D eigenvalue weighted by Crippen LogP contribution is 2.43. The van der Waals surface area contributed by atoms with Crippen molar-refractivity contribution in [3.8, 4) is 17.0 Å². The van der Waals surface area contributed by atoms with Crippen molar-refractivity contribution in [2.24, 2.45) is 0 Å². The van der Waals surface area contributed by atoms with Gasteiger partial charge in [-0.05, 0) is 46.8 Å². The lowest BCUT2D eigenvalue weighted by molar-refractivity contribution is 0.415. The molecular weight excluding hydrogens is 429 g/mol. The minimum absolute atomic E-state index is 0.300. The van der Waals surface area contributed by atoms with E-state index in [0.29, 0.717) is 44.3 Å². The zero-order chi connectivity index (χ0) is 20.8. The third kappa shape index (κ3) is 2.90. The van der Waals surface area contributed by atoms with E-state index in [0.717, 1.165) is 5.56 Å². The first kappa shape index (κ1) is 18.6. The molecule has 2 N–H and O–H groups in total. The maximum atomic E-state index is 12.7. The molecule has 0 unspecified atom stereocenters. The lowest BCUT2D eigenvalue weighted by Gasteiger charge is -2.28. The lowest BCUT2D eigenvalue weighted by atomic mass is 9.92. The van der Waals surface area contributed by atoms with Gasteiger partial charge in [-0.25, -0.2) is 5.10 Å². The second kappa shape index (κ2) is 7.12. The first-order chi connectivity index (χ1) is 14.6. The number of halogens is 2. The van der Waals surface area contributed by atoms with E-state index < -0.39 is 11.6 Å². The van der Waals surface area contributed by atoms with E-state index >= 15 is 0 Å². The zero-order valence-corrected chi connectivity index (χ0v) is 16.9. The average Bonchev–Trinajstić information content (AvgIpc) is 3.22. The SMILES string of the molecule is COc1ccc(-c2n[nH]c(=O)c3c2[C@H](c2ccc(Cl)cc2Cl)n2nnnc2N3)cc1. The van der Waals surface area contributed by atoms with Crippen LogP contribution in [0, 0.1) is 0 Å². The molecule has 150 valence electrons. The molecule has 11 heteroatoms. The van der Waals surface area contributed by atoms with Crippen LogP contribution in [0.25, 0.3) is 11.3 Å². The van der Waals surface area contributed by atoms with Crippen molar-refractivity contribution in [3.63, 3.8) is 0 Å². The number of benzene rings is 2. The zero-order valence-electron chi connectivity index (χ0n) is 15.4. The Morgan fingerprint density at radius 2 is 1.93 bits per heavy atom. The Hall–Kier alpha value is -3.43. The van der Waals surface area contributed by atoms with Crippen molar-refractivity contribution < 1.29 is 4.74 Å². The van der Waals surface area contributed by atoms with Gasteiger partial charge in [0, 0.05) is 26.7 Å². The Morgan fingerprint density at radius 3 is 2.67 bits per heavy atom. The van der Waals surface area contributed by atoms with Gasteiger partial charge in [0.1, 0.15) is 17.5 Å². The average molecular weight is 442 g/mol. The highest BCUT2D eigenvalue weighted by Gasteiger charge is 2.35. The number of hydrogen-bond acceptors (Lipinski definition) is 7. The van der Waals surface area contributed by atoms with Crippen LogP contribution >= 0.6 is 23.2 Å². The number of methoxy groups -OCH3 is 1. The van der Waals surface area contributed by atoms with E-state index in [1.807, 2.05) is 24.3 Å². The van der Waals surface area contributed by atoms with Crippen molar-refractivity contribution >= 4 is 34.8 Å². The van der Waals surface area contributed by atoms with E-state index in [1.165, 1.54) is 0 Å². The van der Waals surface area contributed by atoms with E-state index in [-0.39, 0.29) is 0 Å². The van der Waals surface area contributed by atoms with Crippen molar-refractivity contribution in [1.29, 1.82) is 0 Å². The fourth-order valence-corrected chi connectivity index (χ4v) is 4.03. The van der Waals surface area contributed by atoms with Crippen LogP contribution in [0.5, 0.6) is 5.75 Å². The van der Waals surface area contributed by atoms with Gasteiger partial charge in [0.25, 0.3) is 5.56 Å². The third-order valence-electron chi connectivity index (χ3n) is 4.89. The number of fused-ring (bicyclic) bond motifs is 2. The quantitative estimate of drug-likeness (QED) is 0.441. The highest BCUT2D eigenvalue weighted by atomic mass is 35.5. The number of tetrazole rings is 1. The summed E-state index contributed by atoms with van der Waals surface area (Å²) >= 11 is 12.6. The van der Waals surface area contributed by atoms with E-state index in [4.69, 9.17) is 27.9 Å². The predicted molar refractivity (Wildman–Crippen MR) is 112 cm³/mol. The van der Waals surface area contributed by atoms with Gasteiger partial charge >= 0.3 is 0 Å². The molecular formula is C19H13Cl2N7O2. The van der Waals surface area contributed by atoms with E-state index in [9.17, 15) is 4.79 Å². The largest absolute Gasteiger partial charge is 0.497 e. The van der Waals surface area contributed by atoms with Gasteiger partial charge in [0.05, 0.1) is 12.8 Å². The van der Waals surface area contributed by atoms with Crippen LogP contribution in [-0.4, -0.2) is 37.5 Å². The van der Waals surface area contributed by atoms with Crippen LogP contribution in [0.15, 0.2) is 47.3 Å². The Bertz CT molecular complexity index is 1320. The van der Waals surface area contributed by atoms with E-state index in [1.54, 1.807) is 30.0 Å². The number of ether oxygens (including phenoxy) is 1. The molecule has 0 saturated carbocycles. The number of H-pyrrole nitrogens is 1. The molecule has 0 amide bonds. The van der Waals surface area contributed by atoms with Crippen LogP contribution in [0.4, 0.5) is 11.6 Å². The van der Waals surface area contributed by atoms with Crippen LogP contribution in [0.2, 0.25) is 10.0 Å². The second-order valence-electron chi connectivity index (χ2n) is 6.56. The first-order valence-electron chi connectivity index (χ1n) is 8.83. The molecule has 0 bridgehead atoms. The molecule has 2 aromatic heterocycles. The molecule has 2 aromatic carbocycles. The molecule has 0 radical (unpaired) electrons. The normalized spacial score (nSPS) is 14.6. The van der Waals surface area contributed by atoms with Crippen LogP contribution < -0.4 is 15.6 Å². The molecule has 30 heavy (non-hydrogen) atoms. The minimum Gasteiger partial charge on any atom is -0.497 e. The Labute approximate surface area is 179 Å². The highest BCUT2D eigenvalue weighted by molar-refractivity contribution is 6.35. The molecule has 0 aliphatic carbocycles. The number of aromatic nitrogens is 6. The molecule has 0 saturated heterocycles. The summed E-state index contributed by atoms with van der Waals surface area (Å²) in [6, 6.07) is 11.9. The van der Waals surface area contributed by atoms with Gasteiger partial charge in [-0.15, -0.1) is 0 Å². The second-order valence-corrected chi connectivity index (χ2v) is 7.40. The van der Waals surface area contributed by atoms with Gasteiger partial charge in [0.2, 0.25) is 5.95 Å². The van der Waals surface area contributed by atoms with Crippen molar-refractivity contribution in [3.05, 3.63) is 74.0 Å². The summed E-state index contributed by atoms with van der Waals surface area (Å²) in [5.74, 6) is 1.02. The van der Waals surface area contributed by atoms with Crippen molar-refractivity contribution in [2.45, 2.75) is 6.04 Å². The number of anilines is 2. The number of nitrogens with one attached hydrogen (secondary N) is 2. The maximum Gasteiger partial charge on any atom is 0.288 e. The Kier molecular flexibility index (Phi) is 4.41. The first-order valence-corrected chi connectivity index (χ1v) is 9.59. The molecule has 0 fully saturated rings. The Balaban J connectivity index is 1.80. The van der Waals surface area contributed by atoms with Crippen LogP contribution in [-0.2, 0) is 0 Å². The molecule has 1 atom stereocenters. The van der Waals surface area contributed by atoms with Gasteiger partial charge in [-0.3, -0.25) is 4.79 Å². The van der Waals surface area contributed by atoms with Crippen LogP contribution in [0.1, 0.15) is 17.2 Å². The van der Waals surface area contributed by atoms with E-state index in [2.05, 4.69) is 31.0 Å². The topological polar surface area (TPSA) is 111 Å². The summed E-state index contributed by atoms with van der Waals surface area (Å²) in [5, 5.41) is 22.6. The summed E-state index contributed by atoms with van der Waals surface area (Å²) < 4.78 is 6.80. The van der Waals surface area contributed by atoms with Crippen molar-refractivity contribution in [2.75, 3.05) is 12.4 Å². The number of aromatic amines is 1. The molecule has 5 rings (SSSR count). The smallest absolute Gasteiger partial charge is 0.288 e. The Morgan fingerprint density at radius 1 is 1.13 bits per heavy atom. The molecule has 1 aliphatic rings. The van der Waals surface area contributed by atoms with Gasteiger partial charge < -0.3 is 10.1 Å². The fraction of sp³-hybridized carbons (Fsp3) is 0.105. The summed E-state index contributed by atoms with van der Waals surface area (Å²) in [6.07, 6.45) is 0. The summed E-state index contributed by atoms with van der Waals surface area (Å²) in [6.45, 7) is 0. The molecule has 9 nitrogen and oxygen atoms in total. The molecule has 0 spiro atoms. The standard InChI is InChI=1S/C19H13Cl2N7O2/c1-30-11-5-2-9(3-6-11)15-14-16(18(29)24-23-15)22-19-25-26-27-28(19)17(14)12-7-4-10(20)8-13(12)21/h2-8,17H,1H3,(H,24,29)(H,22,25,27)/t17-/m0/s1. The fourth-order valence-electron chi connectivity index (χ4n) is 3.52. The minimum atomic E-state index is -0.595. The van der Waals surface area contributed by atoms with Gasteiger partial charge in [0.15, 0.2) is 0 Å². The van der Waals surface area contributed by atoms with Crippen molar-refractivity contribution in [1.82, 2.24) is 30.4 Å². The number of rotatable bonds is 3. The molecule has 4 aromatic rings. The lowest BCUT2D eigenvalue weighted by Crippen LogP contribution is -2.29. The summed E-state index contributed by atoms with van der Waals surface area (Å²) in [4.78, 5) is 12.7. The van der Waals surface area contributed by atoms with Crippen LogP contribution in [0.3, 0.4) is 0 Å². The molecule has 1 aliphatic heterocycles. The molecule has 3 heterocycles. The van der Waals surface area contributed by atoms with Gasteiger partial charge in [-0.2, -0.15) is 9.78 Å². The number of hydrogen-bond donors (Lipinski definition) is 2. The van der Waals surface area contributed by atoms with Gasteiger partial charge in [-0.1, -0.05) is 34.4 Å². The summed E-state index contributed by atoms with van der Waals surface area (Å²) in [5.41, 5.74) is 2.50. The number of nitrogens with zero attached hydrogens (tertiary/aromatic N) is 5. The predicted octanol–water partition coefficient (Wildman–Crippen LogP) is 3.43. The maximum absolute atomic E-state index is 12.7. The third-order valence-corrected chi connectivity index (χ3v) is 5.45.